The smallest absolute Gasteiger partial charge is 0.0622 e. The third-order valence-corrected chi connectivity index (χ3v) is 5.51. The first-order chi connectivity index (χ1) is 9.66. The summed E-state index contributed by atoms with van der Waals surface area (Å²) in [5.41, 5.74) is 2.70. The van der Waals surface area contributed by atoms with Crippen molar-refractivity contribution in [3.05, 3.63) is 47.5 Å². The van der Waals surface area contributed by atoms with Gasteiger partial charge in [-0.1, -0.05) is 56.2 Å². The third kappa shape index (κ3) is 2.59. The quantitative estimate of drug-likeness (QED) is 0.572. The molecule has 1 aliphatic rings. The van der Waals surface area contributed by atoms with Crippen LogP contribution in [0.1, 0.15) is 49.1 Å². The Kier molecular flexibility index (Phi) is 4.03. The van der Waals surface area contributed by atoms with Crippen molar-refractivity contribution in [2.45, 2.75) is 44.9 Å². The van der Waals surface area contributed by atoms with Crippen molar-refractivity contribution in [1.82, 2.24) is 0 Å². The summed E-state index contributed by atoms with van der Waals surface area (Å²) in [4.78, 5) is 0. The van der Waals surface area contributed by atoms with Crippen LogP contribution in [0.2, 0.25) is 0 Å². The second kappa shape index (κ2) is 5.77. The fourth-order valence-electron chi connectivity index (χ4n) is 3.58. The maximum absolute atomic E-state index is 6.92. The minimum Gasteiger partial charge on any atom is -0.117 e. The molecule has 3 rings (SSSR count). The Balaban J connectivity index is 1.98. The zero-order valence-corrected chi connectivity index (χ0v) is 13.2. The van der Waals surface area contributed by atoms with E-state index in [-0.39, 0.29) is 5.38 Å². The van der Waals surface area contributed by atoms with Crippen molar-refractivity contribution in [3.63, 3.8) is 0 Å². The molecule has 20 heavy (non-hydrogen) atoms. The monoisotopic (exact) mass is 286 g/mol. The molecule has 2 aromatic carbocycles. The van der Waals surface area contributed by atoms with E-state index in [2.05, 4.69) is 50.2 Å². The fourth-order valence-corrected chi connectivity index (χ4v) is 4.13. The van der Waals surface area contributed by atoms with E-state index in [1.54, 1.807) is 0 Å². The van der Waals surface area contributed by atoms with Crippen LogP contribution in [0.15, 0.2) is 36.4 Å². The molecule has 0 nitrogen and oxygen atoms in total. The number of benzene rings is 2. The lowest BCUT2D eigenvalue weighted by Gasteiger charge is -2.31. The first-order valence-corrected chi connectivity index (χ1v) is 8.23. The highest BCUT2D eigenvalue weighted by atomic mass is 35.5. The minimum atomic E-state index is 0.161. The van der Waals surface area contributed by atoms with Gasteiger partial charge in [-0.25, -0.2) is 0 Å². The molecule has 0 spiro atoms. The van der Waals surface area contributed by atoms with Crippen LogP contribution in [0.3, 0.4) is 0 Å². The Hall–Kier alpha value is -1.01. The molecule has 1 fully saturated rings. The molecule has 1 aliphatic carbocycles. The van der Waals surface area contributed by atoms with E-state index in [1.165, 1.54) is 47.6 Å². The number of halogens is 1. The van der Waals surface area contributed by atoms with Gasteiger partial charge in [-0.05, 0) is 53.5 Å². The van der Waals surface area contributed by atoms with Gasteiger partial charge in [0.2, 0.25) is 0 Å². The zero-order valence-electron chi connectivity index (χ0n) is 12.4. The van der Waals surface area contributed by atoms with Crippen LogP contribution in [0.25, 0.3) is 10.8 Å². The van der Waals surface area contributed by atoms with Crippen LogP contribution in [0, 0.1) is 18.8 Å². The minimum absolute atomic E-state index is 0.161. The summed E-state index contributed by atoms with van der Waals surface area (Å²) >= 11 is 6.92. The lowest BCUT2D eigenvalue weighted by molar-refractivity contribution is 0.283. The largest absolute Gasteiger partial charge is 0.117 e. The molecule has 0 amide bonds. The molecule has 0 heterocycles. The Labute approximate surface area is 127 Å². The number of rotatable bonds is 2. The molecule has 1 heteroatoms. The van der Waals surface area contributed by atoms with Crippen molar-refractivity contribution >= 4 is 22.4 Å². The number of fused-ring (bicyclic) bond motifs is 1. The summed E-state index contributed by atoms with van der Waals surface area (Å²) in [6.07, 6.45) is 5.21. The van der Waals surface area contributed by atoms with Gasteiger partial charge in [0, 0.05) is 0 Å². The summed E-state index contributed by atoms with van der Waals surface area (Å²) in [5, 5.41) is 2.81. The zero-order chi connectivity index (χ0) is 14.1. The van der Waals surface area contributed by atoms with Gasteiger partial charge >= 0.3 is 0 Å². The van der Waals surface area contributed by atoms with E-state index in [4.69, 9.17) is 11.6 Å². The molecule has 0 saturated heterocycles. The normalized spacial score (nSPS) is 24.8. The molecule has 0 aromatic heterocycles. The summed E-state index contributed by atoms with van der Waals surface area (Å²) < 4.78 is 0. The molecule has 106 valence electrons. The van der Waals surface area contributed by atoms with Gasteiger partial charge in [-0.2, -0.15) is 0 Å². The SMILES string of the molecule is Cc1ccc2ccccc2c1C(Cl)C1CCC(C)CC1. The molecule has 0 aliphatic heterocycles. The molecule has 1 unspecified atom stereocenters. The Morgan fingerprint density at radius 1 is 1.00 bits per heavy atom. The maximum Gasteiger partial charge on any atom is 0.0622 e. The summed E-state index contributed by atoms with van der Waals surface area (Å²) in [6.45, 7) is 4.56. The highest BCUT2D eigenvalue weighted by molar-refractivity contribution is 6.22. The standard InChI is InChI=1S/C19H23Cl/c1-13-7-10-16(11-8-13)19(20)18-14(2)9-12-15-5-3-4-6-17(15)18/h3-6,9,12-13,16,19H,7-8,10-11H2,1-2H3. The predicted molar refractivity (Wildman–Crippen MR) is 88.4 cm³/mol. The van der Waals surface area contributed by atoms with Gasteiger partial charge < -0.3 is 0 Å². The number of aryl methyl sites for hydroxylation is 1. The number of hydrogen-bond acceptors (Lipinski definition) is 0. The van der Waals surface area contributed by atoms with Gasteiger partial charge in [0.05, 0.1) is 5.38 Å². The molecule has 1 saturated carbocycles. The lowest BCUT2D eigenvalue weighted by Crippen LogP contribution is -2.17. The van der Waals surface area contributed by atoms with E-state index in [0.717, 1.165) is 5.92 Å². The van der Waals surface area contributed by atoms with Crippen molar-refractivity contribution in [2.75, 3.05) is 0 Å². The Morgan fingerprint density at radius 3 is 2.45 bits per heavy atom. The first-order valence-electron chi connectivity index (χ1n) is 7.79. The molecule has 0 N–H and O–H groups in total. The van der Waals surface area contributed by atoms with Gasteiger partial charge in [0.1, 0.15) is 0 Å². The van der Waals surface area contributed by atoms with Crippen LogP contribution in [0.4, 0.5) is 0 Å². The van der Waals surface area contributed by atoms with E-state index < -0.39 is 0 Å². The van der Waals surface area contributed by atoms with Gasteiger partial charge in [-0.15, -0.1) is 11.6 Å². The molecule has 0 bridgehead atoms. The lowest BCUT2D eigenvalue weighted by atomic mass is 9.78. The highest BCUT2D eigenvalue weighted by Gasteiger charge is 2.27. The third-order valence-electron chi connectivity index (χ3n) is 4.94. The number of hydrogen-bond donors (Lipinski definition) is 0. The Morgan fingerprint density at radius 2 is 1.70 bits per heavy atom. The molecular weight excluding hydrogens is 264 g/mol. The van der Waals surface area contributed by atoms with E-state index in [1.807, 2.05) is 0 Å². The van der Waals surface area contributed by atoms with Crippen molar-refractivity contribution in [2.24, 2.45) is 11.8 Å². The average molecular weight is 287 g/mol. The van der Waals surface area contributed by atoms with Crippen LogP contribution in [0.5, 0.6) is 0 Å². The number of alkyl halides is 1. The van der Waals surface area contributed by atoms with Gasteiger partial charge in [0.15, 0.2) is 0 Å². The summed E-state index contributed by atoms with van der Waals surface area (Å²) in [7, 11) is 0. The Bertz CT molecular complexity index is 594. The summed E-state index contributed by atoms with van der Waals surface area (Å²) in [5.74, 6) is 1.51. The van der Waals surface area contributed by atoms with Crippen molar-refractivity contribution in [1.29, 1.82) is 0 Å². The van der Waals surface area contributed by atoms with Crippen molar-refractivity contribution in [3.8, 4) is 0 Å². The highest BCUT2D eigenvalue weighted by Crippen LogP contribution is 2.43. The summed E-state index contributed by atoms with van der Waals surface area (Å²) in [6, 6.07) is 13.1. The van der Waals surface area contributed by atoms with Gasteiger partial charge in [0.25, 0.3) is 0 Å². The van der Waals surface area contributed by atoms with Crippen LogP contribution < -0.4 is 0 Å². The van der Waals surface area contributed by atoms with E-state index >= 15 is 0 Å². The second-order valence-electron chi connectivity index (χ2n) is 6.44. The van der Waals surface area contributed by atoms with Crippen molar-refractivity contribution < 1.29 is 0 Å². The topological polar surface area (TPSA) is 0 Å². The molecule has 1 atom stereocenters. The predicted octanol–water partition coefficient (Wildman–Crippen LogP) is 6.25. The van der Waals surface area contributed by atoms with Crippen LogP contribution in [-0.4, -0.2) is 0 Å². The second-order valence-corrected chi connectivity index (χ2v) is 6.91. The van der Waals surface area contributed by atoms with E-state index in [0.29, 0.717) is 5.92 Å². The molecular formula is C19H23Cl. The first kappa shape index (κ1) is 13.9. The average Bonchev–Trinajstić information content (AvgIpc) is 2.47. The van der Waals surface area contributed by atoms with E-state index in [9.17, 15) is 0 Å². The fraction of sp³-hybridized carbons (Fsp3) is 0.474. The molecule has 2 aromatic rings. The maximum atomic E-state index is 6.92. The van der Waals surface area contributed by atoms with Crippen LogP contribution in [-0.2, 0) is 0 Å². The van der Waals surface area contributed by atoms with Crippen LogP contribution >= 0.6 is 11.6 Å². The van der Waals surface area contributed by atoms with Gasteiger partial charge in [-0.3, -0.25) is 0 Å². The molecule has 0 radical (unpaired) electrons.